The van der Waals surface area contributed by atoms with E-state index in [0.29, 0.717) is 17.5 Å². The highest BCUT2D eigenvalue weighted by molar-refractivity contribution is 7.26. The first-order chi connectivity index (χ1) is 34.2. The van der Waals surface area contributed by atoms with Crippen molar-refractivity contribution in [3.63, 3.8) is 0 Å². The number of hydrogen-bond donors (Lipinski definition) is 0. The number of thiophene rings is 1. The summed E-state index contributed by atoms with van der Waals surface area (Å²) < 4.78 is 5.01. The van der Waals surface area contributed by atoms with Gasteiger partial charge in [-0.15, -0.1) is 11.3 Å². The number of nitrogens with zero attached hydrogens (tertiary/aromatic N) is 4. The zero-order chi connectivity index (χ0) is 45.2. The Labute approximate surface area is 402 Å². The van der Waals surface area contributed by atoms with Crippen LogP contribution in [-0.4, -0.2) is 19.5 Å². The molecule has 0 saturated heterocycles. The molecule has 0 radical (unpaired) electrons. The van der Waals surface area contributed by atoms with Crippen LogP contribution in [-0.2, 0) is 5.41 Å². The molecule has 10 aromatic carbocycles. The predicted octanol–water partition coefficient (Wildman–Crippen LogP) is 16.3. The Hall–Kier alpha value is -8.77. The van der Waals surface area contributed by atoms with Crippen LogP contribution in [0.25, 0.3) is 115 Å². The van der Waals surface area contributed by atoms with Crippen molar-refractivity contribution in [2.45, 2.75) is 5.41 Å². The number of rotatable bonds is 4. The molecule has 0 unspecified atom stereocenters. The molecule has 1 aliphatic carbocycles. The highest BCUT2D eigenvalue weighted by atomic mass is 32.1. The summed E-state index contributed by atoms with van der Waals surface area (Å²) >= 11 is 1.87. The zero-order valence-corrected chi connectivity index (χ0v) is 38.0. The van der Waals surface area contributed by atoms with Crippen molar-refractivity contribution in [3.05, 3.63) is 253 Å². The highest BCUT2D eigenvalue weighted by Gasteiger charge is 2.47. The van der Waals surface area contributed by atoms with E-state index in [1.165, 1.54) is 69.8 Å². The first-order valence-corrected chi connectivity index (χ1v) is 24.3. The van der Waals surface area contributed by atoms with E-state index < -0.39 is 5.41 Å². The maximum atomic E-state index is 5.54. The molecule has 4 nitrogen and oxygen atoms in total. The quantitative estimate of drug-likeness (QED) is 0.177. The van der Waals surface area contributed by atoms with E-state index in [0.717, 1.165) is 50.1 Å². The number of aromatic nitrogens is 4. The Morgan fingerprint density at radius 1 is 0.362 bits per heavy atom. The molecule has 5 heteroatoms. The van der Waals surface area contributed by atoms with E-state index >= 15 is 0 Å². The van der Waals surface area contributed by atoms with Gasteiger partial charge in [0.05, 0.1) is 21.1 Å². The SMILES string of the molecule is c1ccc(C2(c3ccccc3)c3ccc4cc3-c3c(cccc32)-c2nc(nc(-c3cccc(-n5c6ccccc6c6ccc7c8ccccc8sc7c65)c3)n2)-c2cccc(c2)-c2ccccc2-4)cc1. The van der Waals surface area contributed by atoms with Gasteiger partial charge in [-0.25, -0.2) is 15.0 Å². The van der Waals surface area contributed by atoms with E-state index in [-0.39, 0.29) is 0 Å². The molecule has 0 amide bonds. The minimum Gasteiger partial charge on any atom is -0.308 e. The second-order valence-electron chi connectivity index (χ2n) is 18.2. The van der Waals surface area contributed by atoms with E-state index in [1.807, 2.05) is 11.3 Å². The molecule has 2 aliphatic rings. The second kappa shape index (κ2) is 14.6. The molecule has 3 aromatic heterocycles. The molecule has 0 atom stereocenters. The maximum absolute atomic E-state index is 5.54. The molecular weight excluding hydrogens is 857 g/mol. The molecule has 1 aliphatic heterocycles. The molecule has 320 valence electrons. The van der Waals surface area contributed by atoms with Crippen LogP contribution < -0.4 is 0 Å². The third-order valence-electron chi connectivity index (χ3n) is 14.7. The van der Waals surface area contributed by atoms with E-state index in [2.05, 4.69) is 235 Å². The number of hydrogen-bond acceptors (Lipinski definition) is 4. The van der Waals surface area contributed by atoms with Crippen LogP contribution in [0.5, 0.6) is 0 Å². The van der Waals surface area contributed by atoms with Gasteiger partial charge in [-0.2, -0.15) is 0 Å². The smallest absolute Gasteiger partial charge is 0.164 e. The molecular formula is C64H38N4S. The van der Waals surface area contributed by atoms with E-state index in [1.54, 1.807) is 0 Å². The largest absolute Gasteiger partial charge is 0.308 e. The predicted molar refractivity (Wildman–Crippen MR) is 285 cm³/mol. The van der Waals surface area contributed by atoms with Gasteiger partial charge in [-0.1, -0.05) is 194 Å². The Balaban J connectivity index is 1.02. The fraction of sp³-hybridized carbons (Fsp3) is 0.0156. The number of para-hydroxylation sites is 1. The Morgan fingerprint density at radius 2 is 0.957 bits per heavy atom. The summed E-state index contributed by atoms with van der Waals surface area (Å²) in [6.07, 6.45) is 0. The van der Waals surface area contributed by atoms with Crippen molar-refractivity contribution >= 4 is 53.3 Å². The Morgan fingerprint density at radius 3 is 1.74 bits per heavy atom. The molecule has 13 aromatic rings. The van der Waals surface area contributed by atoms with Gasteiger partial charge in [0.2, 0.25) is 0 Å². The first kappa shape index (κ1) is 38.3. The summed E-state index contributed by atoms with van der Waals surface area (Å²) in [5.74, 6) is 1.88. The van der Waals surface area contributed by atoms with Gasteiger partial charge in [-0.3, -0.25) is 0 Å². The van der Waals surface area contributed by atoms with E-state index in [9.17, 15) is 0 Å². The lowest BCUT2D eigenvalue weighted by molar-refractivity contribution is 0.768. The standard InChI is InChI=1S/C64H38N4S/c1-3-19-43(20-4-1)64(44-21-5-2-6-22-44)54-35-32-40-38-53(54)58-52(28-15-29-55(58)64)63-66-61(41-17-13-16-39(36-41)46-24-7-8-25-47(40)46)65-62(67-63)42-18-14-23-45(37-42)68-56-30-11-9-26-48(56)50-33-34-51-49-27-10-12-31-57(49)69-60(51)59(50)68/h1-38H. The van der Waals surface area contributed by atoms with Gasteiger partial charge in [0, 0.05) is 48.6 Å². The number of fused-ring (bicyclic) bond motifs is 17. The molecule has 0 fully saturated rings. The van der Waals surface area contributed by atoms with Gasteiger partial charge in [0.1, 0.15) is 0 Å². The molecule has 15 rings (SSSR count). The molecule has 0 N–H and O–H groups in total. The maximum Gasteiger partial charge on any atom is 0.164 e. The van der Waals surface area contributed by atoms with Crippen molar-refractivity contribution in [1.29, 1.82) is 0 Å². The summed E-state index contributed by atoms with van der Waals surface area (Å²) in [6.45, 7) is 0. The van der Waals surface area contributed by atoms with Crippen LogP contribution in [0.4, 0.5) is 0 Å². The topological polar surface area (TPSA) is 43.6 Å². The summed E-state index contributed by atoms with van der Waals surface area (Å²) in [5, 5.41) is 5.02. The Kier molecular flexibility index (Phi) is 8.12. The molecule has 6 bridgehead atoms. The normalized spacial score (nSPS) is 13.0. The average Bonchev–Trinajstić information content (AvgIpc) is 4.08. The lowest BCUT2D eigenvalue weighted by Gasteiger charge is -2.34. The van der Waals surface area contributed by atoms with Crippen LogP contribution >= 0.6 is 11.3 Å². The summed E-state index contributed by atoms with van der Waals surface area (Å²) in [7, 11) is 0. The Bertz CT molecular complexity index is 4220. The van der Waals surface area contributed by atoms with E-state index in [4.69, 9.17) is 15.0 Å². The third-order valence-corrected chi connectivity index (χ3v) is 15.9. The van der Waals surface area contributed by atoms with Gasteiger partial charge in [-0.05, 0) is 92.0 Å². The first-order valence-electron chi connectivity index (χ1n) is 23.5. The fourth-order valence-electron chi connectivity index (χ4n) is 11.7. The van der Waals surface area contributed by atoms with Crippen molar-refractivity contribution in [3.8, 4) is 73.2 Å². The summed E-state index contributed by atoms with van der Waals surface area (Å²) in [4.78, 5) is 16.4. The van der Waals surface area contributed by atoms with Crippen molar-refractivity contribution in [2.24, 2.45) is 0 Å². The molecule has 0 saturated carbocycles. The van der Waals surface area contributed by atoms with Gasteiger partial charge >= 0.3 is 0 Å². The molecule has 4 heterocycles. The van der Waals surface area contributed by atoms with Crippen molar-refractivity contribution < 1.29 is 0 Å². The van der Waals surface area contributed by atoms with Gasteiger partial charge in [0.25, 0.3) is 0 Å². The van der Waals surface area contributed by atoms with Gasteiger partial charge < -0.3 is 4.57 Å². The monoisotopic (exact) mass is 894 g/mol. The average molecular weight is 895 g/mol. The fourth-order valence-corrected chi connectivity index (χ4v) is 13.0. The van der Waals surface area contributed by atoms with Crippen LogP contribution in [0, 0.1) is 0 Å². The second-order valence-corrected chi connectivity index (χ2v) is 19.3. The third kappa shape index (κ3) is 5.48. The lowest BCUT2D eigenvalue weighted by atomic mass is 9.67. The van der Waals surface area contributed by atoms with Crippen LogP contribution in [0.1, 0.15) is 22.3 Å². The summed E-state index contributed by atoms with van der Waals surface area (Å²) in [5.41, 5.74) is 17.4. The van der Waals surface area contributed by atoms with Crippen LogP contribution in [0.15, 0.2) is 231 Å². The molecule has 0 spiro atoms. The van der Waals surface area contributed by atoms with Crippen molar-refractivity contribution in [2.75, 3.05) is 0 Å². The highest BCUT2D eigenvalue weighted by Crippen LogP contribution is 2.59. The number of benzene rings is 10. The summed E-state index contributed by atoms with van der Waals surface area (Å²) in [6, 6.07) is 84.1. The van der Waals surface area contributed by atoms with Crippen LogP contribution in [0.2, 0.25) is 0 Å². The lowest BCUT2D eigenvalue weighted by Crippen LogP contribution is -2.28. The zero-order valence-electron chi connectivity index (χ0n) is 37.1. The van der Waals surface area contributed by atoms with Gasteiger partial charge in [0.15, 0.2) is 17.5 Å². The molecule has 69 heavy (non-hydrogen) atoms. The van der Waals surface area contributed by atoms with Crippen LogP contribution in [0.3, 0.4) is 0 Å². The minimum absolute atomic E-state index is 0.599. The van der Waals surface area contributed by atoms with Crippen molar-refractivity contribution in [1.82, 2.24) is 19.5 Å². The minimum atomic E-state index is -0.599.